The van der Waals surface area contributed by atoms with Crippen molar-refractivity contribution in [2.24, 2.45) is 0 Å². The van der Waals surface area contributed by atoms with Gasteiger partial charge in [-0.2, -0.15) is 5.10 Å². The third-order valence-electron chi connectivity index (χ3n) is 3.50. The van der Waals surface area contributed by atoms with Crippen molar-refractivity contribution in [2.45, 2.75) is 0 Å². The summed E-state index contributed by atoms with van der Waals surface area (Å²) >= 11 is 0. The Morgan fingerprint density at radius 2 is 1.96 bits per heavy atom. The van der Waals surface area contributed by atoms with Crippen LogP contribution in [0, 0.1) is 0 Å². The highest BCUT2D eigenvalue weighted by Crippen LogP contribution is 2.21. The van der Waals surface area contributed by atoms with Crippen LogP contribution in [0.5, 0.6) is 0 Å². The number of aromatic nitrogens is 3. The zero-order valence-corrected chi connectivity index (χ0v) is 12.0. The van der Waals surface area contributed by atoms with E-state index in [1.165, 1.54) is 0 Å². The van der Waals surface area contributed by atoms with Crippen LogP contribution < -0.4 is 5.32 Å². The van der Waals surface area contributed by atoms with Crippen LogP contribution in [-0.2, 0) is 0 Å². The van der Waals surface area contributed by atoms with Crippen molar-refractivity contribution in [3.8, 4) is 11.3 Å². The SMILES string of the molecule is O=C(Nc1ccc2cn[nH]c2c1)c1cc(-c2ccccc2)on1. The maximum absolute atomic E-state index is 12.3. The van der Waals surface area contributed by atoms with Crippen molar-refractivity contribution in [1.82, 2.24) is 15.4 Å². The number of nitrogens with zero attached hydrogens (tertiary/aromatic N) is 2. The average Bonchev–Trinajstić information content (AvgIpc) is 3.24. The normalized spacial score (nSPS) is 10.8. The van der Waals surface area contributed by atoms with E-state index in [1.54, 1.807) is 12.3 Å². The molecule has 112 valence electrons. The maximum Gasteiger partial charge on any atom is 0.277 e. The summed E-state index contributed by atoms with van der Waals surface area (Å²) in [5.74, 6) is 0.231. The molecule has 0 saturated heterocycles. The molecule has 0 aliphatic heterocycles. The summed E-state index contributed by atoms with van der Waals surface area (Å²) in [5, 5.41) is 14.4. The lowest BCUT2D eigenvalue weighted by Gasteiger charge is -2.02. The summed E-state index contributed by atoms with van der Waals surface area (Å²) in [7, 11) is 0. The number of hydrogen-bond acceptors (Lipinski definition) is 4. The Bertz CT molecular complexity index is 972. The first-order valence-corrected chi connectivity index (χ1v) is 7.06. The zero-order valence-electron chi connectivity index (χ0n) is 12.0. The van der Waals surface area contributed by atoms with Crippen LogP contribution in [0.25, 0.3) is 22.2 Å². The molecule has 2 N–H and O–H groups in total. The highest BCUT2D eigenvalue weighted by Gasteiger charge is 2.14. The molecule has 23 heavy (non-hydrogen) atoms. The summed E-state index contributed by atoms with van der Waals surface area (Å²) in [6.07, 6.45) is 1.73. The van der Waals surface area contributed by atoms with Gasteiger partial charge in [0.2, 0.25) is 0 Å². The first-order valence-electron chi connectivity index (χ1n) is 7.06. The first-order chi connectivity index (χ1) is 11.3. The van der Waals surface area contributed by atoms with Gasteiger partial charge in [0, 0.05) is 22.7 Å². The molecular weight excluding hydrogens is 292 g/mol. The fourth-order valence-corrected chi connectivity index (χ4v) is 2.33. The smallest absolute Gasteiger partial charge is 0.277 e. The van der Waals surface area contributed by atoms with Gasteiger partial charge in [-0.15, -0.1) is 0 Å². The van der Waals surface area contributed by atoms with Gasteiger partial charge in [-0.25, -0.2) is 0 Å². The largest absolute Gasteiger partial charge is 0.355 e. The van der Waals surface area contributed by atoms with Gasteiger partial charge < -0.3 is 9.84 Å². The van der Waals surface area contributed by atoms with E-state index in [-0.39, 0.29) is 11.6 Å². The van der Waals surface area contributed by atoms with Gasteiger partial charge in [-0.3, -0.25) is 9.89 Å². The third-order valence-corrected chi connectivity index (χ3v) is 3.50. The minimum absolute atomic E-state index is 0.230. The Balaban J connectivity index is 1.56. The van der Waals surface area contributed by atoms with Gasteiger partial charge in [0.05, 0.1) is 11.7 Å². The lowest BCUT2D eigenvalue weighted by atomic mass is 10.1. The fraction of sp³-hybridized carbons (Fsp3) is 0. The van der Waals surface area contributed by atoms with Gasteiger partial charge in [0.25, 0.3) is 5.91 Å². The number of carbonyl (C=O) groups excluding carboxylic acids is 1. The molecule has 6 nitrogen and oxygen atoms in total. The minimum Gasteiger partial charge on any atom is -0.355 e. The molecule has 0 unspecified atom stereocenters. The van der Waals surface area contributed by atoms with E-state index < -0.39 is 0 Å². The Labute approximate surface area is 131 Å². The number of anilines is 1. The molecule has 0 aliphatic carbocycles. The highest BCUT2D eigenvalue weighted by atomic mass is 16.5. The second-order valence-electron chi connectivity index (χ2n) is 5.07. The topological polar surface area (TPSA) is 83.8 Å². The number of H-pyrrole nitrogens is 1. The molecule has 0 saturated carbocycles. The quantitative estimate of drug-likeness (QED) is 0.607. The third kappa shape index (κ3) is 2.57. The van der Waals surface area contributed by atoms with E-state index in [0.717, 1.165) is 16.5 Å². The lowest BCUT2D eigenvalue weighted by molar-refractivity contribution is 0.101. The van der Waals surface area contributed by atoms with Crippen molar-refractivity contribution in [2.75, 3.05) is 5.32 Å². The molecule has 2 aromatic carbocycles. The molecule has 0 spiro atoms. The van der Waals surface area contributed by atoms with Crippen LogP contribution >= 0.6 is 0 Å². The summed E-state index contributed by atoms with van der Waals surface area (Å²) < 4.78 is 5.24. The monoisotopic (exact) mass is 304 g/mol. The summed E-state index contributed by atoms with van der Waals surface area (Å²) in [6.45, 7) is 0. The predicted molar refractivity (Wildman–Crippen MR) is 86.0 cm³/mol. The zero-order chi connectivity index (χ0) is 15.6. The fourth-order valence-electron chi connectivity index (χ4n) is 2.33. The van der Waals surface area contributed by atoms with E-state index in [4.69, 9.17) is 4.52 Å². The predicted octanol–water partition coefficient (Wildman–Crippen LogP) is 3.47. The summed E-state index contributed by atoms with van der Waals surface area (Å²) in [6, 6.07) is 16.6. The van der Waals surface area contributed by atoms with Crippen molar-refractivity contribution >= 4 is 22.5 Å². The molecular formula is C17H12N4O2. The van der Waals surface area contributed by atoms with Gasteiger partial charge in [-0.1, -0.05) is 35.5 Å². The molecule has 1 amide bonds. The molecule has 0 fully saturated rings. The lowest BCUT2D eigenvalue weighted by Crippen LogP contribution is -2.12. The molecule has 2 heterocycles. The van der Waals surface area contributed by atoms with Crippen LogP contribution in [-0.4, -0.2) is 21.3 Å². The number of hydrogen-bond donors (Lipinski definition) is 2. The second kappa shape index (κ2) is 5.42. The van der Waals surface area contributed by atoms with Crippen LogP contribution in [0.3, 0.4) is 0 Å². The summed E-state index contributed by atoms with van der Waals surface area (Å²) in [5.41, 5.74) is 2.62. The molecule has 0 bridgehead atoms. The Morgan fingerprint density at radius 3 is 2.83 bits per heavy atom. The molecule has 4 rings (SSSR count). The minimum atomic E-state index is -0.324. The molecule has 0 aliphatic rings. The van der Waals surface area contributed by atoms with E-state index in [0.29, 0.717) is 11.4 Å². The highest BCUT2D eigenvalue weighted by molar-refractivity contribution is 6.04. The van der Waals surface area contributed by atoms with E-state index in [2.05, 4.69) is 20.7 Å². The number of nitrogens with one attached hydrogen (secondary N) is 2. The van der Waals surface area contributed by atoms with Crippen LogP contribution in [0.15, 0.2) is 65.3 Å². The first kappa shape index (κ1) is 13.3. The molecule has 2 aromatic heterocycles. The molecule has 4 aromatic rings. The van der Waals surface area contributed by atoms with E-state index >= 15 is 0 Å². The van der Waals surface area contributed by atoms with Crippen LogP contribution in [0.2, 0.25) is 0 Å². The van der Waals surface area contributed by atoms with Crippen molar-refractivity contribution in [3.05, 3.63) is 66.5 Å². The van der Waals surface area contributed by atoms with Gasteiger partial charge in [0.1, 0.15) is 0 Å². The van der Waals surface area contributed by atoms with Crippen LogP contribution in [0.4, 0.5) is 5.69 Å². The van der Waals surface area contributed by atoms with Gasteiger partial charge in [0.15, 0.2) is 11.5 Å². The van der Waals surface area contributed by atoms with Crippen molar-refractivity contribution in [3.63, 3.8) is 0 Å². The van der Waals surface area contributed by atoms with E-state index in [1.807, 2.05) is 48.5 Å². The van der Waals surface area contributed by atoms with Crippen molar-refractivity contribution in [1.29, 1.82) is 0 Å². The molecule has 0 radical (unpaired) electrons. The van der Waals surface area contributed by atoms with E-state index in [9.17, 15) is 4.79 Å². The average molecular weight is 304 g/mol. The number of fused-ring (bicyclic) bond motifs is 1. The number of benzene rings is 2. The van der Waals surface area contributed by atoms with Gasteiger partial charge in [-0.05, 0) is 18.2 Å². The standard InChI is InChI=1S/C17H12N4O2/c22-17(19-13-7-6-12-10-18-20-14(12)8-13)15-9-16(23-21-15)11-4-2-1-3-5-11/h1-10H,(H,18,20)(H,19,22). The second-order valence-corrected chi connectivity index (χ2v) is 5.07. The molecule has 0 atom stereocenters. The van der Waals surface area contributed by atoms with Crippen LogP contribution in [0.1, 0.15) is 10.5 Å². The maximum atomic E-state index is 12.3. The molecule has 6 heteroatoms. The Morgan fingerprint density at radius 1 is 1.09 bits per heavy atom. The summed E-state index contributed by atoms with van der Waals surface area (Å²) in [4.78, 5) is 12.3. The number of carbonyl (C=O) groups is 1. The Kier molecular flexibility index (Phi) is 3.12. The van der Waals surface area contributed by atoms with Crippen molar-refractivity contribution < 1.29 is 9.32 Å². The number of amides is 1. The number of rotatable bonds is 3. The number of aromatic amines is 1. The van der Waals surface area contributed by atoms with Gasteiger partial charge >= 0.3 is 0 Å². The Hall–Kier alpha value is -3.41.